The molecule has 1 aromatic rings. The zero-order valence-electron chi connectivity index (χ0n) is 16.8. The van der Waals surface area contributed by atoms with Crippen LogP contribution < -0.4 is 0 Å². The van der Waals surface area contributed by atoms with Gasteiger partial charge in [-0.25, -0.2) is 0 Å². The highest BCUT2D eigenvalue weighted by Crippen LogP contribution is 2.34. The van der Waals surface area contributed by atoms with Crippen LogP contribution in [0.1, 0.15) is 92.9 Å². The first-order chi connectivity index (χ1) is 9.35. The van der Waals surface area contributed by atoms with Crippen molar-refractivity contribution in [1.82, 2.24) is 0 Å². The van der Waals surface area contributed by atoms with Crippen molar-refractivity contribution in [2.45, 2.75) is 93.9 Å². The van der Waals surface area contributed by atoms with Crippen LogP contribution in [0.15, 0.2) is 18.2 Å². The standard InChI is InChI=1S/C15H24.C4H10.C2H6/c1-11-8-9-12(14(2,3)4)13(10-11)15(5,6)7;1-4(2)3;1-2/h8-10H,1-7H3;4H,1-3H3;1-2H3. The normalized spacial score (nSPS) is 11.3. The second kappa shape index (κ2) is 9.28. The fraction of sp³-hybridized carbons (Fsp3) is 0.714. The summed E-state index contributed by atoms with van der Waals surface area (Å²) in [6, 6.07) is 6.84. The fourth-order valence-electron chi connectivity index (χ4n) is 1.93. The van der Waals surface area contributed by atoms with Crippen LogP contribution in [-0.2, 0) is 10.8 Å². The van der Waals surface area contributed by atoms with E-state index in [0.29, 0.717) is 0 Å². The molecule has 0 heteroatoms. The molecular weight excluding hydrogens is 252 g/mol. The molecule has 0 nitrogen and oxygen atoms in total. The van der Waals surface area contributed by atoms with Gasteiger partial charge < -0.3 is 0 Å². The maximum Gasteiger partial charge on any atom is -0.0129 e. The molecule has 1 rings (SSSR count). The predicted molar refractivity (Wildman–Crippen MR) is 100 cm³/mol. The van der Waals surface area contributed by atoms with Gasteiger partial charge in [0, 0.05) is 0 Å². The van der Waals surface area contributed by atoms with E-state index < -0.39 is 0 Å². The summed E-state index contributed by atoms with van der Waals surface area (Å²) >= 11 is 0. The molecule has 0 aromatic heterocycles. The molecule has 0 radical (unpaired) electrons. The minimum absolute atomic E-state index is 0.231. The summed E-state index contributed by atoms with van der Waals surface area (Å²) in [7, 11) is 0. The van der Waals surface area contributed by atoms with E-state index in [0.717, 1.165) is 5.92 Å². The monoisotopic (exact) mass is 292 g/mol. The number of hydrogen-bond acceptors (Lipinski definition) is 0. The summed E-state index contributed by atoms with van der Waals surface area (Å²) in [6.45, 7) is 26.4. The van der Waals surface area contributed by atoms with Gasteiger partial charge in [-0.05, 0) is 34.8 Å². The second-order valence-electron chi connectivity index (χ2n) is 8.28. The van der Waals surface area contributed by atoms with Crippen LogP contribution in [0.4, 0.5) is 0 Å². The van der Waals surface area contributed by atoms with Gasteiger partial charge in [0.25, 0.3) is 0 Å². The highest BCUT2D eigenvalue weighted by molar-refractivity contribution is 5.40. The molecule has 0 aliphatic carbocycles. The molecule has 1 aromatic carbocycles. The van der Waals surface area contributed by atoms with Crippen molar-refractivity contribution >= 4 is 0 Å². The third-order valence-electron chi connectivity index (χ3n) is 2.79. The van der Waals surface area contributed by atoms with Gasteiger partial charge in [0.15, 0.2) is 0 Å². The Hall–Kier alpha value is -0.780. The lowest BCUT2D eigenvalue weighted by Crippen LogP contribution is -2.21. The van der Waals surface area contributed by atoms with E-state index in [1.165, 1.54) is 16.7 Å². The Morgan fingerprint density at radius 3 is 1.33 bits per heavy atom. The molecule has 0 heterocycles. The average molecular weight is 293 g/mol. The highest BCUT2D eigenvalue weighted by atomic mass is 14.3. The Morgan fingerprint density at radius 1 is 0.714 bits per heavy atom. The van der Waals surface area contributed by atoms with E-state index in [1.807, 2.05) is 13.8 Å². The summed E-state index contributed by atoms with van der Waals surface area (Å²) in [4.78, 5) is 0. The zero-order chi connectivity index (χ0) is 17.4. The van der Waals surface area contributed by atoms with E-state index in [9.17, 15) is 0 Å². The summed E-state index contributed by atoms with van der Waals surface area (Å²) in [5.41, 5.74) is 4.77. The maximum atomic E-state index is 2.33. The van der Waals surface area contributed by atoms with Gasteiger partial charge >= 0.3 is 0 Å². The number of aryl methyl sites for hydroxylation is 1. The van der Waals surface area contributed by atoms with Crippen LogP contribution >= 0.6 is 0 Å². The molecule has 0 unspecified atom stereocenters. The zero-order valence-corrected chi connectivity index (χ0v) is 16.8. The van der Waals surface area contributed by atoms with Gasteiger partial charge in [-0.3, -0.25) is 0 Å². The molecule has 0 saturated carbocycles. The molecule has 0 aliphatic rings. The first kappa shape index (κ1) is 22.5. The van der Waals surface area contributed by atoms with Gasteiger partial charge in [-0.2, -0.15) is 0 Å². The Bertz CT molecular complexity index is 381. The van der Waals surface area contributed by atoms with E-state index in [1.54, 1.807) is 0 Å². The lowest BCUT2D eigenvalue weighted by Gasteiger charge is -2.30. The van der Waals surface area contributed by atoms with Crippen molar-refractivity contribution in [3.8, 4) is 0 Å². The first-order valence-electron chi connectivity index (χ1n) is 8.47. The topological polar surface area (TPSA) is 0 Å². The summed E-state index contributed by atoms with van der Waals surface area (Å²) < 4.78 is 0. The van der Waals surface area contributed by atoms with Gasteiger partial charge in [-0.15, -0.1) is 0 Å². The van der Waals surface area contributed by atoms with Crippen molar-refractivity contribution in [1.29, 1.82) is 0 Å². The Morgan fingerprint density at radius 2 is 1.05 bits per heavy atom. The van der Waals surface area contributed by atoms with Crippen LogP contribution in [0.3, 0.4) is 0 Å². The molecule has 0 amide bonds. The fourth-order valence-corrected chi connectivity index (χ4v) is 1.93. The molecule has 0 fully saturated rings. The van der Waals surface area contributed by atoms with Gasteiger partial charge in [-0.1, -0.05) is 99.9 Å². The Labute approximate surface area is 135 Å². The van der Waals surface area contributed by atoms with Gasteiger partial charge in [0.05, 0.1) is 0 Å². The molecule has 0 bridgehead atoms. The van der Waals surface area contributed by atoms with E-state index in [2.05, 4.69) is 87.4 Å². The van der Waals surface area contributed by atoms with Gasteiger partial charge in [0.2, 0.25) is 0 Å². The van der Waals surface area contributed by atoms with Crippen molar-refractivity contribution in [2.75, 3.05) is 0 Å². The molecule has 0 atom stereocenters. The van der Waals surface area contributed by atoms with E-state index in [4.69, 9.17) is 0 Å². The molecule has 0 N–H and O–H groups in total. The van der Waals surface area contributed by atoms with Crippen LogP contribution in [0.5, 0.6) is 0 Å². The summed E-state index contributed by atoms with van der Waals surface area (Å²) in [5, 5.41) is 0. The quantitative estimate of drug-likeness (QED) is 0.471. The number of hydrogen-bond donors (Lipinski definition) is 0. The lowest BCUT2D eigenvalue weighted by molar-refractivity contribution is 0.530. The molecule has 0 saturated heterocycles. The van der Waals surface area contributed by atoms with Crippen LogP contribution in [0, 0.1) is 12.8 Å². The molecule has 0 aliphatic heterocycles. The maximum absolute atomic E-state index is 2.33. The van der Waals surface area contributed by atoms with Gasteiger partial charge in [0.1, 0.15) is 0 Å². The third kappa shape index (κ3) is 9.72. The van der Waals surface area contributed by atoms with Crippen LogP contribution in [-0.4, -0.2) is 0 Å². The molecule has 0 spiro atoms. The van der Waals surface area contributed by atoms with Crippen molar-refractivity contribution in [2.24, 2.45) is 5.92 Å². The first-order valence-corrected chi connectivity index (χ1v) is 8.47. The Kier molecular flexibility index (Phi) is 9.94. The SMILES string of the molecule is CC.CC(C)C.Cc1ccc(C(C)(C)C)c(C(C)(C)C)c1. The van der Waals surface area contributed by atoms with Crippen molar-refractivity contribution in [3.63, 3.8) is 0 Å². The Balaban J connectivity index is 0. The van der Waals surface area contributed by atoms with E-state index >= 15 is 0 Å². The summed E-state index contributed by atoms with van der Waals surface area (Å²) in [5.74, 6) is 0.833. The molecule has 21 heavy (non-hydrogen) atoms. The summed E-state index contributed by atoms with van der Waals surface area (Å²) in [6.07, 6.45) is 0. The lowest BCUT2D eigenvalue weighted by atomic mass is 9.75. The minimum atomic E-state index is 0.231. The predicted octanol–water partition coefficient (Wildman–Crippen LogP) is 7.28. The van der Waals surface area contributed by atoms with Crippen molar-refractivity contribution < 1.29 is 0 Å². The highest BCUT2D eigenvalue weighted by Gasteiger charge is 2.24. The molecular formula is C21H40. The number of rotatable bonds is 0. The third-order valence-corrected chi connectivity index (χ3v) is 2.79. The second-order valence-corrected chi connectivity index (χ2v) is 8.28. The number of benzene rings is 1. The average Bonchev–Trinajstić information content (AvgIpc) is 2.28. The molecule has 124 valence electrons. The van der Waals surface area contributed by atoms with Crippen LogP contribution in [0.25, 0.3) is 0 Å². The minimum Gasteiger partial charge on any atom is -0.0683 e. The smallest absolute Gasteiger partial charge is 0.0129 e. The van der Waals surface area contributed by atoms with Crippen molar-refractivity contribution in [3.05, 3.63) is 34.9 Å². The largest absolute Gasteiger partial charge is 0.0683 e. The van der Waals surface area contributed by atoms with Crippen LogP contribution in [0.2, 0.25) is 0 Å². The van der Waals surface area contributed by atoms with E-state index in [-0.39, 0.29) is 10.8 Å².